The SMILES string of the molecule is Cc1ccc(CNC(=O)C2C(c3ccc(Cl)cc3)C(C(=O)c3ccccc3)C(c3ccc4c(c3)OCO4)N2C(=O)CC(C)C)cc1. The van der Waals surface area contributed by atoms with Gasteiger partial charge in [0.15, 0.2) is 17.3 Å². The van der Waals surface area contributed by atoms with Gasteiger partial charge in [-0.05, 0) is 53.8 Å². The smallest absolute Gasteiger partial charge is 0.243 e. The van der Waals surface area contributed by atoms with E-state index in [0.29, 0.717) is 27.6 Å². The van der Waals surface area contributed by atoms with Gasteiger partial charge >= 0.3 is 0 Å². The van der Waals surface area contributed by atoms with Gasteiger partial charge in [0.25, 0.3) is 0 Å². The lowest BCUT2D eigenvalue weighted by Crippen LogP contribution is -2.48. The van der Waals surface area contributed by atoms with Crippen molar-refractivity contribution in [3.05, 3.63) is 130 Å². The molecule has 7 nitrogen and oxygen atoms in total. The van der Waals surface area contributed by atoms with Crippen molar-refractivity contribution >= 4 is 29.2 Å². The van der Waals surface area contributed by atoms with Crippen LogP contribution in [0.15, 0.2) is 97.1 Å². The fraction of sp³-hybridized carbons (Fsp3) is 0.289. The number of fused-ring (bicyclic) bond motifs is 1. The first-order valence-corrected chi connectivity index (χ1v) is 16.0. The Morgan fingerprint density at radius 2 is 1.54 bits per heavy atom. The molecule has 4 aromatic rings. The maximum atomic E-state index is 14.7. The molecule has 1 fully saturated rings. The Morgan fingerprint density at radius 1 is 0.870 bits per heavy atom. The van der Waals surface area contributed by atoms with Crippen molar-refractivity contribution in [2.75, 3.05) is 6.79 Å². The van der Waals surface area contributed by atoms with Crippen LogP contribution in [-0.2, 0) is 16.1 Å². The Kier molecular flexibility index (Phi) is 9.13. The maximum absolute atomic E-state index is 14.7. The molecule has 4 atom stereocenters. The monoisotopic (exact) mass is 636 g/mol. The van der Waals surface area contributed by atoms with E-state index < -0.39 is 23.9 Å². The van der Waals surface area contributed by atoms with Crippen molar-refractivity contribution in [2.45, 2.75) is 51.7 Å². The standard InChI is InChI=1S/C38H37ClN2O5/c1-23(2)19-32(42)41-35(28-15-18-30-31(20-28)46-22-45-30)34(37(43)27-7-5-4-6-8-27)33(26-13-16-29(39)17-14-26)36(41)38(44)40-21-25-11-9-24(3)10-12-25/h4-18,20,23,33-36H,19,21-22H2,1-3H3,(H,40,44). The molecule has 1 saturated heterocycles. The molecule has 8 heteroatoms. The number of halogens is 1. The number of amides is 2. The van der Waals surface area contributed by atoms with Crippen LogP contribution in [0.25, 0.3) is 0 Å². The number of Topliss-reactive ketones (excluding diaryl/α,β-unsaturated/α-hetero) is 1. The van der Waals surface area contributed by atoms with Gasteiger partial charge in [0, 0.05) is 29.5 Å². The van der Waals surface area contributed by atoms with Crippen LogP contribution in [0, 0.1) is 18.8 Å². The molecule has 0 saturated carbocycles. The minimum atomic E-state index is -0.981. The number of likely N-dealkylation sites (tertiary alicyclic amines) is 1. The maximum Gasteiger partial charge on any atom is 0.243 e. The van der Waals surface area contributed by atoms with Crippen molar-refractivity contribution in [3.8, 4) is 11.5 Å². The quantitative estimate of drug-likeness (QED) is 0.195. The molecule has 2 aliphatic heterocycles. The van der Waals surface area contributed by atoms with E-state index in [1.165, 1.54) is 0 Å². The summed E-state index contributed by atoms with van der Waals surface area (Å²) in [5.41, 5.74) is 4.01. The first-order valence-electron chi connectivity index (χ1n) is 15.6. The molecule has 0 spiro atoms. The molecule has 2 heterocycles. The van der Waals surface area contributed by atoms with E-state index in [1.54, 1.807) is 35.2 Å². The second kappa shape index (κ2) is 13.4. The number of hydrogen-bond acceptors (Lipinski definition) is 5. The molecule has 4 aromatic carbocycles. The van der Waals surface area contributed by atoms with E-state index in [2.05, 4.69) is 5.32 Å². The van der Waals surface area contributed by atoms with Crippen LogP contribution in [0.5, 0.6) is 11.5 Å². The van der Waals surface area contributed by atoms with Crippen molar-refractivity contribution in [2.24, 2.45) is 11.8 Å². The van der Waals surface area contributed by atoms with E-state index in [-0.39, 0.29) is 43.3 Å². The third-order valence-electron chi connectivity index (χ3n) is 8.75. The normalized spacial score (nSPS) is 20.2. The largest absolute Gasteiger partial charge is 0.454 e. The molecule has 2 aliphatic rings. The summed E-state index contributed by atoms with van der Waals surface area (Å²) in [5.74, 6) is -0.991. The number of ether oxygens (including phenoxy) is 2. The second-order valence-electron chi connectivity index (χ2n) is 12.4. The third-order valence-corrected chi connectivity index (χ3v) is 9.00. The molecule has 236 valence electrons. The summed E-state index contributed by atoms with van der Waals surface area (Å²) < 4.78 is 11.3. The summed E-state index contributed by atoms with van der Waals surface area (Å²) in [5, 5.41) is 3.64. The van der Waals surface area contributed by atoms with Crippen molar-refractivity contribution in [3.63, 3.8) is 0 Å². The number of carbonyl (C=O) groups is 3. The van der Waals surface area contributed by atoms with Gasteiger partial charge in [0.05, 0.1) is 12.0 Å². The highest BCUT2D eigenvalue weighted by Crippen LogP contribution is 2.53. The van der Waals surface area contributed by atoms with Crippen LogP contribution in [-0.4, -0.2) is 35.3 Å². The van der Waals surface area contributed by atoms with Crippen molar-refractivity contribution in [1.29, 1.82) is 0 Å². The average molecular weight is 637 g/mol. The lowest BCUT2D eigenvalue weighted by molar-refractivity contribution is -0.141. The lowest BCUT2D eigenvalue weighted by Gasteiger charge is -2.32. The Bertz CT molecular complexity index is 1720. The van der Waals surface area contributed by atoms with E-state index in [4.69, 9.17) is 21.1 Å². The fourth-order valence-electron chi connectivity index (χ4n) is 6.61. The van der Waals surface area contributed by atoms with Crippen LogP contribution < -0.4 is 14.8 Å². The number of aryl methyl sites for hydroxylation is 1. The molecule has 0 aromatic heterocycles. The van der Waals surface area contributed by atoms with Crippen molar-refractivity contribution < 1.29 is 23.9 Å². The Hall–Kier alpha value is -4.62. The van der Waals surface area contributed by atoms with E-state index in [1.807, 2.05) is 87.5 Å². The Morgan fingerprint density at radius 3 is 2.24 bits per heavy atom. The van der Waals surface area contributed by atoms with Gasteiger partial charge in [-0.1, -0.05) is 104 Å². The molecule has 1 N–H and O–H groups in total. The highest BCUT2D eigenvalue weighted by atomic mass is 35.5. The third kappa shape index (κ3) is 6.38. The zero-order valence-corrected chi connectivity index (χ0v) is 26.9. The van der Waals surface area contributed by atoms with Gasteiger partial charge in [-0.25, -0.2) is 0 Å². The predicted molar refractivity (Wildman–Crippen MR) is 177 cm³/mol. The number of hydrogen-bond donors (Lipinski definition) is 1. The van der Waals surface area contributed by atoms with Crippen LogP contribution >= 0.6 is 11.6 Å². The summed E-state index contributed by atoms with van der Waals surface area (Å²) in [7, 11) is 0. The molecular formula is C38H37ClN2O5. The number of carbonyl (C=O) groups excluding carboxylic acids is 3. The Balaban J connectivity index is 1.53. The number of benzene rings is 4. The van der Waals surface area contributed by atoms with Crippen LogP contribution in [0.3, 0.4) is 0 Å². The molecule has 0 radical (unpaired) electrons. The van der Waals surface area contributed by atoms with Gasteiger partial charge < -0.3 is 19.7 Å². The zero-order chi connectivity index (χ0) is 32.4. The molecule has 46 heavy (non-hydrogen) atoms. The summed E-state index contributed by atoms with van der Waals surface area (Å²) in [6, 6.07) is 28.0. The molecule has 2 amide bonds. The van der Waals surface area contributed by atoms with Gasteiger partial charge in [0.2, 0.25) is 18.6 Å². The molecular weight excluding hydrogens is 600 g/mol. The second-order valence-corrected chi connectivity index (χ2v) is 12.9. The van der Waals surface area contributed by atoms with E-state index in [9.17, 15) is 14.4 Å². The highest BCUT2D eigenvalue weighted by Gasteiger charge is 2.57. The Labute approximate surface area is 274 Å². The topological polar surface area (TPSA) is 84.9 Å². The summed E-state index contributed by atoms with van der Waals surface area (Å²) in [6.45, 7) is 6.32. The van der Waals surface area contributed by atoms with E-state index in [0.717, 1.165) is 16.7 Å². The minimum absolute atomic E-state index is 0.0269. The summed E-state index contributed by atoms with van der Waals surface area (Å²) in [6.07, 6.45) is 0.211. The lowest BCUT2D eigenvalue weighted by atomic mass is 9.76. The van der Waals surface area contributed by atoms with Crippen LogP contribution in [0.1, 0.15) is 64.8 Å². The number of ketones is 1. The fourth-order valence-corrected chi connectivity index (χ4v) is 6.73. The zero-order valence-electron chi connectivity index (χ0n) is 26.1. The number of nitrogens with one attached hydrogen (secondary N) is 1. The number of rotatable bonds is 9. The molecule has 6 rings (SSSR count). The number of nitrogens with zero attached hydrogens (tertiary/aromatic N) is 1. The highest BCUT2D eigenvalue weighted by molar-refractivity contribution is 6.30. The van der Waals surface area contributed by atoms with Gasteiger partial charge in [-0.3, -0.25) is 14.4 Å². The van der Waals surface area contributed by atoms with E-state index >= 15 is 0 Å². The molecule has 0 aliphatic carbocycles. The first kappa shape index (κ1) is 31.4. The van der Waals surface area contributed by atoms with Crippen LogP contribution in [0.2, 0.25) is 5.02 Å². The average Bonchev–Trinajstić information content (AvgIpc) is 3.67. The van der Waals surface area contributed by atoms with Gasteiger partial charge in [0.1, 0.15) is 6.04 Å². The molecule has 4 unspecified atom stereocenters. The summed E-state index contributed by atoms with van der Waals surface area (Å²) in [4.78, 5) is 45.3. The minimum Gasteiger partial charge on any atom is -0.454 e. The van der Waals surface area contributed by atoms with Gasteiger partial charge in [-0.15, -0.1) is 0 Å². The summed E-state index contributed by atoms with van der Waals surface area (Å²) >= 11 is 6.32. The van der Waals surface area contributed by atoms with Crippen molar-refractivity contribution in [1.82, 2.24) is 10.2 Å². The predicted octanol–water partition coefficient (Wildman–Crippen LogP) is 7.27. The first-order chi connectivity index (χ1) is 22.2. The molecule has 0 bridgehead atoms. The van der Waals surface area contributed by atoms with Gasteiger partial charge in [-0.2, -0.15) is 0 Å². The van der Waals surface area contributed by atoms with Crippen LogP contribution in [0.4, 0.5) is 0 Å².